The van der Waals surface area contributed by atoms with Crippen molar-refractivity contribution in [2.75, 3.05) is 13.2 Å². The van der Waals surface area contributed by atoms with Gasteiger partial charge < -0.3 is 9.72 Å². The number of halogens is 1. The Morgan fingerprint density at radius 2 is 1.81 bits per heavy atom. The fraction of sp³-hybridized carbons (Fsp3) is 0.400. The van der Waals surface area contributed by atoms with Gasteiger partial charge in [0.15, 0.2) is 0 Å². The minimum Gasteiger partial charge on any atom is -0.381 e. The Labute approximate surface area is 194 Å². The quantitative estimate of drug-likeness (QED) is 0.430. The van der Waals surface area contributed by atoms with E-state index in [1.165, 1.54) is 11.3 Å². The summed E-state index contributed by atoms with van der Waals surface area (Å²) in [5.41, 5.74) is 4.46. The number of aromatic amines is 1. The molecule has 0 bridgehead atoms. The summed E-state index contributed by atoms with van der Waals surface area (Å²) in [5.74, 6) is 0.923. The van der Waals surface area contributed by atoms with Crippen LogP contribution in [0.15, 0.2) is 64.1 Å². The zero-order valence-corrected chi connectivity index (χ0v) is 19.8. The Morgan fingerprint density at radius 1 is 1.03 bits per heavy atom. The largest absolute Gasteiger partial charge is 0.381 e. The molecule has 6 heteroatoms. The number of ether oxygens (including phenoxy) is 1. The number of benzene rings is 1. The maximum Gasteiger partial charge on any atom is 0.0865 e. The van der Waals surface area contributed by atoms with E-state index in [1.54, 1.807) is 0 Å². The van der Waals surface area contributed by atoms with Crippen LogP contribution < -0.4 is 0 Å². The van der Waals surface area contributed by atoms with E-state index in [4.69, 9.17) is 4.74 Å². The van der Waals surface area contributed by atoms with Crippen LogP contribution in [0.5, 0.6) is 0 Å². The number of nitrogens with zero attached hydrogens (tertiary/aromatic N) is 1. The van der Waals surface area contributed by atoms with Gasteiger partial charge in [-0.3, -0.25) is 9.19 Å². The van der Waals surface area contributed by atoms with Crippen molar-refractivity contribution in [2.45, 2.75) is 48.2 Å². The number of pyridine rings is 1. The van der Waals surface area contributed by atoms with Crippen molar-refractivity contribution in [3.05, 3.63) is 70.5 Å². The molecule has 1 N–H and O–H groups in total. The van der Waals surface area contributed by atoms with Crippen molar-refractivity contribution < 1.29 is 8.95 Å². The average molecular weight is 499 g/mol. The van der Waals surface area contributed by atoms with Gasteiger partial charge in [-0.25, -0.2) is 0 Å². The average Bonchev–Trinajstić information content (AvgIpc) is 3.55. The fourth-order valence-electron chi connectivity index (χ4n) is 4.37. The summed E-state index contributed by atoms with van der Waals surface area (Å²) < 4.78 is 19.1. The third-order valence-electron chi connectivity index (χ3n) is 6.34. The Balaban J connectivity index is 1.42. The van der Waals surface area contributed by atoms with Crippen molar-refractivity contribution in [2.24, 2.45) is 5.92 Å². The topological polar surface area (TPSA) is 55.0 Å². The molecule has 2 atom stereocenters. The molecule has 5 rings (SSSR count). The molecule has 1 aliphatic heterocycles. The second-order valence-corrected chi connectivity index (χ2v) is 11.2. The van der Waals surface area contributed by atoms with Crippen LogP contribution in [0, 0.1) is 5.92 Å². The van der Waals surface area contributed by atoms with Gasteiger partial charge in [-0.1, -0.05) is 12.1 Å². The first-order valence-corrected chi connectivity index (χ1v) is 13.1. The molecule has 4 nitrogen and oxygen atoms in total. The summed E-state index contributed by atoms with van der Waals surface area (Å²) in [5, 5.41) is 0.369. The molecule has 1 saturated heterocycles. The van der Waals surface area contributed by atoms with Gasteiger partial charge in [0, 0.05) is 45.6 Å². The van der Waals surface area contributed by atoms with E-state index in [0.717, 1.165) is 66.1 Å². The van der Waals surface area contributed by atoms with E-state index in [9.17, 15) is 4.21 Å². The SMILES string of the molecule is O=S(c1ccc(C(CC2CCOCC2)c2ccc(-c3ccc(Br)cn3)[nH]2)cc1)C1CC1. The monoisotopic (exact) mass is 498 g/mol. The lowest BCUT2D eigenvalue weighted by molar-refractivity contribution is 0.0626. The van der Waals surface area contributed by atoms with E-state index in [2.05, 4.69) is 62.3 Å². The highest BCUT2D eigenvalue weighted by Crippen LogP contribution is 2.36. The molecule has 1 aromatic carbocycles. The van der Waals surface area contributed by atoms with Crippen molar-refractivity contribution in [1.82, 2.24) is 9.97 Å². The predicted molar refractivity (Wildman–Crippen MR) is 128 cm³/mol. The lowest BCUT2D eigenvalue weighted by Crippen LogP contribution is -2.18. The minimum atomic E-state index is -0.855. The van der Waals surface area contributed by atoms with Crippen LogP contribution in [0.4, 0.5) is 0 Å². The van der Waals surface area contributed by atoms with Crippen LogP contribution in [-0.4, -0.2) is 32.6 Å². The number of aromatic nitrogens is 2. The highest BCUT2D eigenvalue weighted by atomic mass is 79.9. The summed E-state index contributed by atoms with van der Waals surface area (Å²) >= 11 is 3.46. The maximum atomic E-state index is 12.5. The molecule has 3 aromatic rings. The van der Waals surface area contributed by atoms with Crippen molar-refractivity contribution in [3.8, 4) is 11.4 Å². The van der Waals surface area contributed by atoms with Gasteiger partial charge >= 0.3 is 0 Å². The lowest BCUT2D eigenvalue weighted by atomic mass is 9.83. The van der Waals surface area contributed by atoms with E-state index in [0.29, 0.717) is 11.2 Å². The molecule has 2 aromatic heterocycles. The molecule has 0 spiro atoms. The molecule has 162 valence electrons. The molecular formula is C25H27BrN2O2S. The molecule has 2 aliphatic rings. The lowest BCUT2D eigenvalue weighted by Gasteiger charge is -2.27. The smallest absolute Gasteiger partial charge is 0.0865 e. The van der Waals surface area contributed by atoms with Gasteiger partial charge in [-0.2, -0.15) is 0 Å². The van der Waals surface area contributed by atoms with Crippen LogP contribution in [0.3, 0.4) is 0 Å². The normalized spacial score (nSPS) is 19.3. The zero-order valence-electron chi connectivity index (χ0n) is 17.4. The van der Waals surface area contributed by atoms with Gasteiger partial charge in [0.05, 0.1) is 22.2 Å². The van der Waals surface area contributed by atoms with E-state index < -0.39 is 10.8 Å². The Kier molecular flexibility index (Phi) is 6.39. The van der Waals surface area contributed by atoms with Gasteiger partial charge in [-0.15, -0.1) is 0 Å². The molecule has 2 fully saturated rings. The summed E-state index contributed by atoms with van der Waals surface area (Å²) in [6.45, 7) is 1.71. The molecule has 1 aliphatic carbocycles. The summed E-state index contributed by atoms with van der Waals surface area (Å²) in [6.07, 6.45) is 7.33. The van der Waals surface area contributed by atoms with Crippen molar-refractivity contribution in [3.63, 3.8) is 0 Å². The predicted octanol–water partition coefficient (Wildman–Crippen LogP) is 6.06. The van der Waals surface area contributed by atoms with Gasteiger partial charge in [-0.05, 0) is 95.9 Å². The number of hydrogen-bond donors (Lipinski definition) is 1. The van der Waals surface area contributed by atoms with Crippen LogP contribution in [-0.2, 0) is 15.5 Å². The van der Waals surface area contributed by atoms with Crippen LogP contribution in [0.1, 0.15) is 49.3 Å². The molecule has 2 unspecified atom stereocenters. The van der Waals surface area contributed by atoms with Crippen LogP contribution >= 0.6 is 15.9 Å². The molecule has 31 heavy (non-hydrogen) atoms. The minimum absolute atomic E-state index is 0.274. The second-order valence-electron chi connectivity index (χ2n) is 8.60. The Hall–Kier alpha value is -1.76. The Morgan fingerprint density at radius 3 is 2.48 bits per heavy atom. The molecular weight excluding hydrogens is 472 g/mol. The molecule has 1 saturated carbocycles. The number of hydrogen-bond acceptors (Lipinski definition) is 3. The highest BCUT2D eigenvalue weighted by molar-refractivity contribution is 9.10. The highest BCUT2D eigenvalue weighted by Gasteiger charge is 2.29. The first-order valence-electron chi connectivity index (χ1n) is 11.1. The van der Waals surface area contributed by atoms with Crippen LogP contribution in [0.25, 0.3) is 11.4 Å². The molecule has 3 heterocycles. The number of nitrogens with one attached hydrogen (secondary N) is 1. The van der Waals surface area contributed by atoms with Gasteiger partial charge in [0.2, 0.25) is 0 Å². The Bertz CT molecular complexity index is 1040. The number of H-pyrrole nitrogens is 1. The fourth-order valence-corrected chi connectivity index (χ4v) is 5.95. The number of rotatable bonds is 7. The third kappa shape index (κ3) is 5.02. The standard InChI is InChI=1S/C25H27BrN2O2S/c26-19-3-8-24(27-16-19)25-10-9-23(28-25)22(15-17-11-13-30-14-12-17)18-1-4-20(5-2-18)31(29)21-6-7-21/h1-5,8-10,16-17,21-22,28H,6-7,11-15H2. The first-order chi connectivity index (χ1) is 15.2. The zero-order chi connectivity index (χ0) is 21.2. The van der Waals surface area contributed by atoms with Crippen molar-refractivity contribution in [1.29, 1.82) is 0 Å². The van der Waals surface area contributed by atoms with Gasteiger partial charge in [0.25, 0.3) is 0 Å². The van der Waals surface area contributed by atoms with Crippen LogP contribution in [0.2, 0.25) is 0 Å². The van der Waals surface area contributed by atoms with Crippen molar-refractivity contribution >= 4 is 26.7 Å². The summed E-state index contributed by atoms with van der Waals surface area (Å²) in [6, 6.07) is 16.9. The van der Waals surface area contributed by atoms with E-state index >= 15 is 0 Å². The summed E-state index contributed by atoms with van der Waals surface area (Å²) in [7, 11) is -0.855. The molecule has 0 radical (unpaired) electrons. The second kappa shape index (κ2) is 9.39. The van der Waals surface area contributed by atoms with Gasteiger partial charge in [0.1, 0.15) is 0 Å². The summed E-state index contributed by atoms with van der Waals surface area (Å²) in [4.78, 5) is 9.13. The molecule has 0 amide bonds. The van der Waals surface area contributed by atoms with E-state index in [-0.39, 0.29) is 5.92 Å². The first kappa shape index (κ1) is 21.1. The van der Waals surface area contributed by atoms with E-state index in [1.807, 2.05) is 18.3 Å². The third-order valence-corrected chi connectivity index (χ3v) is 8.62. The maximum absolute atomic E-state index is 12.5.